The van der Waals surface area contributed by atoms with Gasteiger partial charge in [-0.05, 0) is 22.0 Å². The second-order valence-corrected chi connectivity index (χ2v) is 5.96. The Labute approximate surface area is 113 Å². The van der Waals surface area contributed by atoms with E-state index in [2.05, 4.69) is 15.9 Å². The van der Waals surface area contributed by atoms with Gasteiger partial charge in [-0.3, -0.25) is 14.2 Å². The van der Waals surface area contributed by atoms with Crippen molar-refractivity contribution in [2.24, 2.45) is 0 Å². The van der Waals surface area contributed by atoms with Crippen LogP contribution in [0.1, 0.15) is 6.42 Å². The number of carboxylic acids is 1. The summed E-state index contributed by atoms with van der Waals surface area (Å²) in [4.78, 5) is 23.0. The highest BCUT2D eigenvalue weighted by Crippen LogP contribution is 2.30. The molecule has 0 radical (unpaired) electrons. The number of halogens is 1. The van der Waals surface area contributed by atoms with Crippen LogP contribution in [0, 0.1) is 0 Å². The second kappa shape index (κ2) is 5.16. The van der Waals surface area contributed by atoms with E-state index < -0.39 is 5.97 Å². The predicted molar refractivity (Wildman–Crippen MR) is 71.8 cm³/mol. The Morgan fingerprint density at radius 3 is 2.76 bits per heavy atom. The number of thiazole rings is 1. The quantitative estimate of drug-likeness (QED) is 0.935. The number of rotatable bonds is 4. The van der Waals surface area contributed by atoms with Crippen molar-refractivity contribution in [2.75, 3.05) is 0 Å². The van der Waals surface area contributed by atoms with Gasteiger partial charge in [0.05, 0.1) is 17.0 Å². The monoisotopic (exact) mass is 333 g/mol. The summed E-state index contributed by atoms with van der Waals surface area (Å²) >= 11 is 5.96. The maximum absolute atomic E-state index is 11.6. The molecule has 7 heteroatoms. The van der Waals surface area contributed by atoms with Crippen molar-refractivity contribution in [3.8, 4) is 10.6 Å². The Balaban J connectivity index is 2.35. The third-order valence-corrected chi connectivity index (χ3v) is 4.63. The van der Waals surface area contributed by atoms with E-state index in [4.69, 9.17) is 5.11 Å². The van der Waals surface area contributed by atoms with Crippen LogP contribution in [0.3, 0.4) is 0 Å². The zero-order chi connectivity index (χ0) is 12.4. The van der Waals surface area contributed by atoms with E-state index in [1.165, 1.54) is 15.9 Å². The highest BCUT2D eigenvalue weighted by Gasteiger charge is 2.11. The lowest BCUT2D eigenvalue weighted by molar-refractivity contribution is -0.137. The van der Waals surface area contributed by atoms with Gasteiger partial charge in [0.2, 0.25) is 0 Å². The zero-order valence-electron chi connectivity index (χ0n) is 8.55. The maximum Gasteiger partial charge on any atom is 0.307 e. The molecule has 0 amide bonds. The fourth-order valence-electron chi connectivity index (χ4n) is 1.39. The summed E-state index contributed by atoms with van der Waals surface area (Å²) in [6.45, 7) is 0.211. The van der Waals surface area contributed by atoms with Gasteiger partial charge >= 0.3 is 10.8 Å². The van der Waals surface area contributed by atoms with Crippen LogP contribution in [-0.2, 0) is 11.3 Å². The van der Waals surface area contributed by atoms with Crippen LogP contribution in [-0.4, -0.2) is 15.6 Å². The molecule has 17 heavy (non-hydrogen) atoms. The first kappa shape index (κ1) is 12.5. The Morgan fingerprint density at radius 1 is 1.41 bits per heavy atom. The molecule has 2 aromatic heterocycles. The molecular formula is C10H8BrNO3S2. The third-order valence-electron chi connectivity index (χ3n) is 2.15. The van der Waals surface area contributed by atoms with Crippen molar-refractivity contribution in [2.45, 2.75) is 13.0 Å². The Morgan fingerprint density at radius 2 is 2.18 bits per heavy atom. The number of carboxylic acid groups (broad SMARTS) is 1. The molecule has 0 aliphatic heterocycles. The summed E-state index contributed by atoms with van der Waals surface area (Å²) in [5.41, 5.74) is 0.789. The minimum absolute atomic E-state index is 0.0455. The van der Waals surface area contributed by atoms with Crippen molar-refractivity contribution in [1.29, 1.82) is 0 Å². The smallest absolute Gasteiger partial charge is 0.307 e. The first-order chi connectivity index (χ1) is 8.08. The molecule has 0 saturated heterocycles. The minimum Gasteiger partial charge on any atom is -0.481 e. The lowest BCUT2D eigenvalue weighted by Gasteiger charge is -2.03. The average Bonchev–Trinajstić information content (AvgIpc) is 2.82. The Kier molecular flexibility index (Phi) is 3.80. The second-order valence-electron chi connectivity index (χ2n) is 3.31. The summed E-state index contributed by atoms with van der Waals surface area (Å²) in [6, 6.07) is 1.92. The molecule has 0 atom stereocenters. The SMILES string of the molecule is O=C(O)CCn1c(-c2cc(Br)cs2)csc1=O. The van der Waals surface area contributed by atoms with Crippen LogP contribution in [0.5, 0.6) is 0 Å². The predicted octanol–water partition coefficient (Wildman–Crippen LogP) is 2.88. The van der Waals surface area contributed by atoms with Crippen LogP contribution in [0.2, 0.25) is 0 Å². The Bertz CT molecular complexity index is 599. The highest BCUT2D eigenvalue weighted by molar-refractivity contribution is 9.10. The molecule has 0 unspecified atom stereocenters. The van der Waals surface area contributed by atoms with Gasteiger partial charge in [-0.25, -0.2) is 0 Å². The molecule has 90 valence electrons. The van der Waals surface area contributed by atoms with E-state index in [0.29, 0.717) is 0 Å². The molecule has 1 N–H and O–H groups in total. The molecular weight excluding hydrogens is 326 g/mol. The highest BCUT2D eigenvalue weighted by atomic mass is 79.9. The first-order valence-corrected chi connectivity index (χ1v) is 7.27. The van der Waals surface area contributed by atoms with E-state index >= 15 is 0 Å². The van der Waals surface area contributed by atoms with Gasteiger partial charge < -0.3 is 5.11 Å². The summed E-state index contributed by atoms with van der Waals surface area (Å²) in [5, 5.41) is 12.3. The molecule has 2 heterocycles. The molecule has 0 saturated carbocycles. The molecule has 0 aliphatic carbocycles. The number of aromatic nitrogens is 1. The van der Waals surface area contributed by atoms with Crippen LogP contribution >= 0.6 is 38.6 Å². The van der Waals surface area contributed by atoms with Crippen molar-refractivity contribution < 1.29 is 9.90 Å². The fraction of sp³-hybridized carbons (Fsp3) is 0.200. The summed E-state index contributed by atoms with van der Waals surface area (Å²) in [7, 11) is 0. The minimum atomic E-state index is -0.901. The third kappa shape index (κ3) is 2.85. The number of thiophene rings is 1. The van der Waals surface area contributed by atoms with Crippen molar-refractivity contribution in [3.05, 3.63) is 31.0 Å². The van der Waals surface area contributed by atoms with E-state index in [9.17, 15) is 9.59 Å². The van der Waals surface area contributed by atoms with Crippen molar-refractivity contribution in [1.82, 2.24) is 4.57 Å². The largest absolute Gasteiger partial charge is 0.481 e. The van der Waals surface area contributed by atoms with Gasteiger partial charge in [-0.2, -0.15) is 0 Å². The van der Waals surface area contributed by atoms with E-state index in [0.717, 1.165) is 26.4 Å². The van der Waals surface area contributed by atoms with Crippen LogP contribution in [0.15, 0.2) is 26.1 Å². The van der Waals surface area contributed by atoms with Gasteiger partial charge in [-0.15, -0.1) is 11.3 Å². The van der Waals surface area contributed by atoms with Gasteiger partial charge in [0.15, 0.2) is 0 Å². The van der Waals surface area contributed by atoms with Crippen LogP contribution in [0.4, 0.5) is 0 Å². The zero-order valence-corrected chi connectivity index (χ0v) is 11.8. The Hall–Kier alpha value is -0.920. The lowest BCUT2D eigenvalue weighted by atomic mass is 10.3. The number of hydrogen-bond donors (Lipinski definition) is 1. The molecule has 0 fully saturated rings. The van der Waals surface area contributed by atoms with Crippen LogP contribution < -0.4 is 4.87 Å². The number of aliphatic carboxylic acids is 1. The fourth-order valence-corrected chi connectivity index (χ4v) is 3.70. The van der Waals surface area contributed by atoms with Gasteiger partial charge in [0.25, 0.3) is 0 Å². The number of nitrogens with zero attached hydrogens (tertiary/aromatic N) is 1. The van der Waals surface area contributed by atoms with Gasteiger partial charge in [0, 0.05) is 21.8 Å². The number of hydrogen-bond acceptors (Lipinski definition) is 4. The molecule has 2 rings (SSSR count). The molecule has 0 aromatic carbocycles. The van der Waals surface area contributed by atoms with E-state index in [-0.39, 0.29) is 17.8 Å². The number of carbonyl (C=O) groups is 1. The molecule has 0 spiro atoms. The van der Waals surface area contributed by atoms with Gasteiger partial charge in [-0.1, -0.05) is 11.3 Å². The van der Waals surface area contributed by atoms with Crippen molar-refractivity contribution >= 4 is 44.6 Å². The van der Waals surface area contributed by atoms with Crippen molar-refractivity contribution in [3.63, 3.8) is 0 Å². The van der Waals surface area contributed by atoms with Gasteiger partial charge in [0.1, 0.15) is 0 Å². The van der Waals surface area contributed by atoms with E-state index in [1.807, 2.05) is 11.4 Å². The topological polar surface area (TPSA) is 59.3 Å². The molecule has 4 nitrogen and oxygen atoms in total. The van der Waals surface area contributed by atoms with E-state index in [1.54, 1.807) is 5.38 Å². The normalized spacial score (nSPS) is 10.6. The lowest BCUT2D eigenvalue weighted by Crippen LogP contribution is -2.16. The molecule has 0 aliphatic rings. The molecule has 0 bridgehead atoms. The molecule has 2 aromatic rings. The summed E-state index contributed by atoms with van der Waals surface area (Å²) in [6.07, 6.45) is -0.0455. The summed E-state index contributed by atoms with van der Waals surface area (Å²) < 4.78 is 2.47. The summed E-state index contributed by atoms with van der Waals surface area (Å²) in [5.74, 6) is -0.901. The standard InChI is InChI=1S/C10H8BrNO3S2/c11-6-3-8(16-4-6)7-5-17-10(15)12(7)2-1-9(13)14/h3-5H,1-2H2,(H,13,14). The first-order valence-electron chi connectivity index (χ1n) is 4.72. The maximum atomic E-state index is 11.6. The average molecular weight is 334 g/mol. The van der Waals surface area contributed by atoms with Crippen LogP contribution in [0.25, 0.3) is 10.6 Å².